The van der Waals surface area contributed by atoms with Crippen LogP contribution in [0.25, 0.3) is 0 Å². The normalized spacial score (nSPS) is 15.2. The summed E-state index contributed by atoms with van der Waals surface area (Å²) in [5.41, 5.74) is 0. The lowest BCUT2D eigenvalue weighted by molar-refractivity contribution is -0.160. The minimum Gasteiger partial charge on any atom is -0.462 e. The molecule has 0 aromatic carbocycles. The fourth-order valence-corrected chi connectivity index (χ4v) is 10.2. The number of carbonyl (C=O) groups is 4. The predicted molar refractivity (Wildman–Crippen MR) is 417 cm³/mol. The predicted octanol–water partition coefficient (Wildman–Crippen LogP) is 21.3. The number of phosphoric acid groups is 2. The highest BCUT2D eigenvalue weighted by molar-refractivity contribution is 7.47. The fraction of sp³-hybridized carbons (Fsp3) is 0.518. The lowest BCUT2D eigenvalue weighted by atomic mass is 10.1. The number of hydrogen-bond donors (Lipinski definition) is 3. The molecule has 102 heavy (non-hydrogen) atoms. The zero-order valence-electron chi connectivity index (χ0n) is 61.9. The van der Waals surface area contributed by atoms with Crippen LogP contribution in [-0.2, 0) is 65.4 Å². The van der Waals surface area contributed by atoms with Gasteiger partial charge in [-0.2, -0.15) is 0 Å². The van der Waals surface area contributed by atoms with Crippen LogP contribution >= 0.6 is 15.6 Å². The standard InChI is InChI=1S/C83H126O17P2/c1-5-9-13-17-21-25-29-33-37-38-42-44-48-52-56-60-64-68-81(86)94-74-79(100-83(88)70-66-62-58-54-50-46-41-36-32-28-24-20-16-12-8-4)76-98-102(91,92)96-72-77(84)71-95-101(89,90)97-75-78(99-82(87)69-65-61-57-53-49-45-40-35-31-27-23-19-15-11-7-3)73-93-80(85)67-63-59-55-51-47-43-39-34-30-26-22-18-14-10-6-2/h9-16,21-28,33-37,39-41,47,49-51,53-54,59,61-63,65-66,77-79,84H,5-8,17-20,29-32,38,42-46,48,52,55-58,60,64,67-76H2,1-4H3,(H,89,90)(H,91,92)/b13-9-,14-10-,15-11-,16-12-,25-21-,26-22-,27-23-,28-24-,37-33-,39-34-,40-35-,41-36-,51-47-,53-49-,54-50-,63-59-,65-61-,66-62-. The summed E-state index contributed by atoms with van der Waals surface area (Å²) in [6.45, 7) is 3.99. The van der Waals surface area contributed by atoms with E-state index in [4.69, 9.17) is 37.0 Å². The van der Waals surface area contributed by atoms with Crippen LogP contribution in [0.1, 0.15) is 220 Å². The molecule has 5 unspecified atom stereocenters. The van der Waals surface area contributed by atoms with Crippen molar-refractivity contribution in [2.75, 3.05) is 39.6 Å². The molecule has 0 rings (SSSR count). The number of hydrogen-bond acceptors (Lipinski definition) is 15. The Hall–Kier alpha value is -6.62. The Morgan fingerprint density at radius 3 is 0.824 bits per heavy atom. The molecule has 0 bridgehead atoms. The van der Waals surface area contributed by atoms with E-state index in [-0.39, 0.29) is 25.7 Å². The molecule has 0 aromatic rings. The molecular formula is C83H126O17P2. The highest BCUT2D eigenvalue weighted by Crippen LogP contribution is 2.45. The molecule has 0 aromatic heterocycles. The third-order valence-corrected chi connectivity index (χ3v) is 15.9. The highest BCUT2D eigenvalue weighted by atomic mass is 31.2. The second-order valence-corrected chi connectivity index (χ2v) is 26.3. The maximum Gasteiger partial charge on any atom is 0.472 e. The summed E-state index contributed by atoms with van der Waals surface area (Å²) in [7, 11) is -10.1. The molecular weight excluding hydrogens is 1330 g/mol. The first kappa shape index (κ1) is 95.4. The van der Waals surface area contributed by atoms with E-state index in [1.54, 1.807) is 36.5 Å². The van der Waals surface area contributed by atoms with Gasteiger partial charge in [-0.25, -0.2) is 9.13 Å². The van der Waals surface area contributed by atoms with Crippen molar-refractivity contribution in [1.29, 1.82) is 0 Å². The first-order valence-corrected chi connectivity index (χ1v) is 40.0. The van der Waals surface area contributed by atoms with E-state index in [1.165, 1.54) is 0 Å². The summed E-state index contributed by atoms with van der Waals surface area (Å²) in [5, 5.41) is 10.6. The lowest BCUT2D eigenvalue weighted by Crippen LogP contribution is -2.30. The van der Waals surface area contributed by atoms with Crippen molar-refractivity contribution in [3.63, 3.8) is 0 Å². The summed E-state index contributed by atoms with van der Waals surface area (Å²) < 4.78 is 68.0. The molecule has 570 valence electrons. The number of rotatable bonds is 66. The van der Waals surface area contributed by atoms with E-state index in [9.17, 15) is 43.2 Å². The summed E-state index contributed by atoms with van der Waals surface area (Å²) in [4.78, 5) is 72.6. The highest BCUT2D eigenvalue weighted by Gasteiger charge is 2.30. The van der Waals surface area contributed by atoms with Crippen molar-refractivity contribution in [3.8, 4) is 0 Å². The number of esters is 4. The van der Waals surface area contributed by atoms with E-state index >= 15 is 0 Å². The quantitative estimate of drug-likeness (QED) is 0.0169. The van der Waals surface area contributed by atoms with Crippen LogP contribution in [0.4, 0.5) is 0 Å². The lowest BCUT2D eigenvalue weighted by Gasteiger charge is -2.21. The molecule has 0 saturated heterocycles. The maximum absolute atomic E-state index is 13.1. The SMILES string of the molecule is CC/C=C\C/C=C\C/C=C\C/C=C\C/C=C\CC(=O)OCC(COP(=O)(O)OCC(O)COP(=O)(O)OCC(COC(=O)CCCCCCCCC/C=C\C/C=C\C/C=C\CC)OC(=O)C/C=C\C/C=C\C/C=C\C/C=C\C/C=C\CC)OC(=O)C/C=C\C/C=C\C/C=C\C/C=C\C/C=C\CC. The number of allylic oxidation sites excluding steroid dienone is 33. The van der Waals surface area contributed by atoms with Crippen LogP contribution in [-0.4, -0.2) is 96.7 Å². The Morgan fingerprint density at radius 1 is 0.284 bits per heavy atom. The Kier molecular flexibility index (Phi) is 68.0. The number of aliphatic hydroxyl groups is 1. The molecule has 0 heterocycles. The van der Waals surface area contributed by atoms with E-state index in [1.807, 2.05) is 36.5 Å². The largest absolute Gasteiger partial charge is 0.472 e. The Bertz CT molecular complexity index is 2800. The maximum atomic E-state index is 13.1. The van der Waals surface area contributed by atoms with Gasteiger partial charge in [-0.1, -0.05) is 279 Å². The third kappa shape index (κ3) is 71.8. The molecule has 5 atom stereocenters. The number of aliphatic hydroxyl groups excluding tert-OH is 1. The van der Waals surface area contributed by atoms with Crippen LogP contribution in [0.3, 0.4) is 0 Å². The molecule has 19 heteroatoms. The van der Waals surface area contributed by atoms with Gasteiger partial charge in [0.1, 0.15) is 19.3 Å². The van der Waals surface area contributed by atoms with Gasteiger partial charge in [0.25, 0.3) is 0 Å². The summed E-state index contributed by atoms with van der Waals surface area (Å²) in [6.07, 6.45) is 91.8. The Morgan fingerprint density at radius 2 is 0.520 bits per heavy atom. The van der Waals surface area contributed by atoms with Gasteiger partial charge in [0.05, 0.1) is 45.7 Å². The first-order valence-electron chi connectivity index (χ1n) is 37.0. The van der Waals surface area contributed by atoms with Gasteiger partial charge in [0.2, 0.25) is 0 Å². The van der Waals surface area contributed by atoms with Gasteiger partial charge in [0.15, 0.2) is 12.2 Å². The molecule has 0 aliphatic carbocycles. The topological polar surface area (TPSA) is 237 Å². The number of carbonyl (C=O) groups excluding carboxylic acids is 4. The molecule has 0 saturated carbocycles. The molecule has 0 aliphatic rings. The molecule has 0 aliphatic heterocycles. The van der Waals surface area contributed by atoms with Crippen LogP contribution < -0.4 is 0 Å². The van der Waals surface area contributed by atoms with E-state index in [2.05, 4.69) is 174 Å². The van der Waals surface area contributed by atoms with Gasteiger partial charge in [-0.3, -0.25) is 37.3 Å². The number of ether oxygens (including phenoxy) is 4. The van der Waals surface area contributed by atoms with E-state index in [0.29, 0.717) is 25.7 Å². The van der Waals surface area contributed by atoms with Crippen molar-refractivity contribution in [1.82, 2.24) is 0 Å². The van der Waals surface area contributed by atoms with Crippen LogP contribution in [0.15, 0.2) is 219 Å². The molecule has 0 fully saturated rings. The monoisotopic (exact) mass is 1460 g/mol. The second kappa shape index (κ2) is 72.7. The zero-order valence-corrected chi connectivity index (χ0v) is 63.7. The third-order valence-electron chi connectivity index (χ3n) is 14.0. The molecule has 0 radical (unpaired) electrons. The van der Waals surface area contributed by atoms with Crippen molar-refractivity contribution in [2.45, 2.75) is 239 Å². The average molecular weight is 1460 g/mol. The van der Waals surface area contributed by atoms with Crippen molar-refractivity contribution in [2.24, 2.45) is 0 Å². The average Bonchev–Trinajstić information content (AvgIpc) is 0.926. The molecule has 0 spiro atoms. The van der Waals surface area contributed by atoms with Crippen LogP contribution in [0, 0.1) is 0 Å². The van der Waals surface area contributed by atoms with Gasteiger partial charge in [-0.05, 0) is 135 Å². The van der Waals surface area contributed by atoms with Gasteiger partial charge in [-0.15, -0.1) is 0 Å². The summed E-state index contributed by atoms with van der Waals surface area (Å²) in [5.74, 6) is -2.67. The number of phosphoric ester groups is 2. The molecule has 17 nitrogen and oxygen atoms in total. The van der Waals surface area contributed by atoms with E-state index in [0.717, 1.165) is 141 Å². The van der Waals surface area contributed by atoms with Crippen LogP contribution in [0.2, 0.25) is 0 Å². The second-order valence-electron chi connectivity index (χ2n) is 23.4. The van der Waals surface area contributed by atoms with Gasteiger partial charge >= 0.3 is 39.5 Å². The van der Waals surface area contributed by atoms with Crippen molar-refractivity contribution < 1.29 is 80.2 Å². The fourth-order valence-electron chi connectivity index (χ4n) is 8.57. The van der Waals surface area contributed by atoms with Crippen molar-refractivity contribution >= 4 is 39.5 Å². The smallest absolute Gasteiger partial charge is 0.462 e. The zero-order chi connectivity index (χ0) is 74.6. The van der Waals surface area contributed by atoms with Crippen LogP contribution in [0.5, 0.6) is 0 Å². The summed E-state index contributed by atoms with van der Waals surface area (Å²) in [6, 6.07) is 0. The van der Waals surface area contributed by atoms with Gasteiger partial charge in [0, 0.05) is 6.42 Å². The summed E-state index contributed by atoms with van der Waals surface area (Å²) >= 11 is 0. The van der Waals surface area contributed by atoms with Gasteiger partial charge < -0.3 is 33.8 Å². The Labute approximate surface area is 613 Å². The minimum absolute atomic E-state index is 0.102. The molecule has 0 amide bonds. The number of unbranched alkanes of at least 4 members (excludes halogenated alkanes) is 7. The molecule has 3 N–H and O–H groups in total. The van der Waals surface area contributed by atoms with Crippen molar-refractivity contribution in [3.05, 3.63) is 219 Å². The Balaban J connectivity index is 5.59. The minimum atomic E-state index is -5.04. The first-order chi connectivity index (χ1) is 49.7. The van der Waals surface area contributed by atoms with E-state index < -0.39 is 97.5 Å².